The van der Waals surface area contributed by atoms with Crippen molar-refractivity contribution < 1.29 is 4.79 Å². The minimum Gasteiger partial charge on any atom is -0.397 e. The van der Waals surface area contributed by atoms with Crippen molar-refractivity contribution in [3.05, 3.63) is 59.2 Å². The molecule has 2 rings (SSSR count). The second kappa shape index (κ2) is 6.93. The third kappa shape index (κ3) is 4.35. The molecule has 0 heterocycles. The Bertz CT molecular complexity index is 621. The zero-order valence-corrected chi connectivity index (χ0v) is 12.6. The van der Waals surface area contributed by atoms with Gasteiger partial charge in [0.05, 0.1) is 11.4 Å². The van der Waals surface area contributed by atoms with Gasteiger partial charge in [-0.05, 0) is 55.5 Å². The van der Waals surface area contributed by atoms with E-state index in [1.807, 2.05) is 44.2 Å². The molecule has 0 fully saturated rings. The number of anilines is 2. The maximum atomic E-state index is 12.0. The van der Waals surface area contributed by atoms with E-state index in [0.717, 1.165) is 24.0 Å². The summed E-state index contributed by atoms with van der Waals surface area (Å²) in [7, 11) is 0. The molecule has 2 aromatic rings. The second-order valence-electron chi connectivity index (χ2n) is 5.41. The third-order valence-electron chi connectivity index (χ3n) is 3.65. The van der Waals surface area contributed by atoms with Crippen molar-refractivity contribution in [1.82, 2.24) is 0 Å². The van der Waals surface area contributed by atoms with E-state index < -0.39 is 0 Å². The number of carbonyl (C=O) groups is 1. The lowest BCUT2D eigenvalue weighted by Crippen LogP contribution is -2.13. The lowest BCUT2D eigenvalue weighted by Gasteiger charge is -2.11. The summed E-state index contributed by atoms with van der Waals surface area (Å²) in [5.41, 5.74) is 10.8. The maximum Gasteiger partial charge on any atom is 0.224 e. The Morgan fingerprint density at radius 1 is 1.10 bits per heavy atom. The van der Waals surface area contributed by atoms with Gasteiger partial charge in [-0.3, -0.25) is 4.79 Å². The fourth-order valence-electron chi connectivity index (χ4n) is 2.26. The number of nitrogens with one attached hydrogen (secondary N) is 1. The van der Waals surface area contributed by atoms with Crippen LogP contribution in [-0.4, -0.2) is 5.91 Å². The molecule has 0 aliphatic heterocycles. The number of aryl methyl sites for hydroxylation is 3. The quantitative estimate of drug-likeness (QED) is 0.818. The van der Waals surface area contributed by atoms with Crippen LogP contribution in [0.25, 0.3) is 0 Å². The van der Waals surface area contributed by atoms with Crippen LogP contribution in [0.5, 0.6) is 0 Å². The predicted molar refractivity (Wildman–Crippen MR) is 88.3 cm³/mol. The Balaban J connectivity index is 1.86. The first-order chi connectivity index (χ1) is 10.1. The molecule has 2 aromatic carbocycles. The molecule has 3 heteroatoms. The number of benzene rings is 2. The van der Waals surface area contributed by atoms with E-state index in [4.69, 9.17) is 5.73 Å². The van der Waals surface area contributed by atoms with E-state index in [1.54, 1.807) is 0 Å². The van der Waals surface area contributed by atoms with Crippen LogP contribution < -0.4 is 11.1 Å². The average Bonchev–Trinajstić information content (AvgIpc) is 2.46. The van der Waals surface area contributed by atoms with Crippen molar-refractivity contribution in [2.45, 2.75) is 33.1 Å². The molecular formula is C18H22N2O. The molecular weight excluding hydrogens is 260 g/mol. The van der Waals surface area contributed by atoms with Crippen LogP contribution in [0.2, 0.25) is 0 Å². The fraction of sp³-hybridized carbons (Fsp3) is 0.278. The molecule has 1 amide bonds. The zero-order valence-electron chi connectivity index (χ0n) is 12.6. The van der Waals surface area contributed by atoms with E-state index in [9.17, 15) is 4.79 Å². The minimum absolute atomic E-state index is 0.0147. The Kier molecular flexibility index (Phi) is 4.99. The lowest BCUT2D eigenvalue weighted by molar-refractivity contribution is -0.116. The summed E-state index contributed by atoms with van der Waals surface area (Å²) in [5, 5.41) is 2.90. The zero-order chi connectivity index (χ0) is 15.2. The lowest BCUT2D eigenvalue weighted by atomic mass is 10.1. The molecule has 0 unspecified atom stereocenters. The number of amides is 1. The van der Waals surface area contributed by atoms with Gasteiger partial charge in [-0.2, -0.15) is 0 Å². The summed E-state index contributed by atoms with van der Waals surface area (Å²) < 4.78 is 0. The Morgan fingerprint density at radius 2 is 1.76 bits per heavy atom. The molecule has 0 spiro atoms. The van der Waals surface area contributed by atoms with Gasteiger partial charge in [-0.15, -0.1) is 0 Å². The van der Waals surface area contributed by atoms with E-state index in [-0.39, 0.29) is 5.91 Å². The Morgan fingerprint density at radius 3 is 2.48 bits per heavy atom. The van der Waals surface area contributed by atoms with Crippen molar-refractivity contribution in [2.75, 3.05) is 11.1 Å². The molecule has 0 aliphatic carbocycles. The van der Waals surface area contributed by atoms with Crippen LogP contribution in [0, 0.1) is 13.8 Å². The first kappa shape index (κ1) is 15.1. The van der Waals surface area contributed by atoms with Crippen molar-refractivity contribution >= 4 is 17.3 Å². The summed E-state index contributed by atoms with van der Waals surface area (Å²) in [6, 6.07) is 14.0. The van der Waals surface area contributed by atoms with E-state index in [1.165, 1.54) is 5.56 Å². The summed E-state index contributed by atoms with van der Waals surface area (Å²) in [6.07, 6.45) is 2.25. The van der Waals surface area contributed by atoms with Gasteiger partial charge in [0.15, 0.2) is 0 Å². The number of hydrogen-bond donors (Lipinski definition) is 2. The normalized spacial score (nSPS) is 10.4. The summed E-state index contributed by atoms with van der Waals surface area (Å²) >= 11 is 0. The molecule has 110 valence electrons. The van der Waals surface area contributed by atoms with Gasteiger partial charge in [0, 0.05) is 6.42 Å². The standard InChI is InChI=1S/C18H22N2O/c1-13-11-16(19)17(12-14(13)2)20-18(21)10-6-9-15-7-4-3-5-8-15/h3-5,7-8,11-12H,6,9-10,19H2,1-2H3,(H,20,21). The molecule has 0 saturated carbocycles. The van der Waals surface area contributed by atoms with Gasteiger partial charge >= 0.3 is 0 Å². The number of nitrogen functional groups attached to an aromatic ring is 1. The van der Waals surface area contributed by atoms with Crippen LogP contribution >= 0.6 is 0 Å². The van der Waals surface area contributed by atoms with Gasteiger partial charge in [0.25, 0.3) is 0 Å². The van der Waals surface area contributed by atoms with Crippen LogP contribution in [0.4, 0.5) is 11.4 Å². The number of nitrogens with two attached hydrogens (primary N) is 1. The van der Waals surface area contributed by atoms with Crippen molar-refractivity contribution in [3.63, 3.8) is 0 Å². The molecule has 0 aromatic heterocycles. The summed E-state index contributed by atoms with van der Waals surface area (Å²) in [4.78, 5) is 12.0. The highest BCUT2D eigenvalue weighted by molar-refractivity contribution is 5.94. The van der Waals surface area contributed by atoms with E-state index >= 15 is 0 Å². The van der Waals surface area contributed by atoms with Crippen LogP contribution in [0.1, 0.15) is 29.5 Å². The van der Waals surface area contributed by atoms with Crippen molar-refractivity contribution in [1.29, 1.82) is 0 Å². The van der Waals surface area contributed by atoms with Crippen LogP contribution in [-0.2, 0) is 11.2 Å². The average molecular weight is 282 g/mol. The van der Waals surface area contributed by atoms with Gasteiger partial charge < -0.3 is 11.1 Å². The topological polar surface area (TPSA) is 55.1 Å². The van der Waals surface area contributed by atoms with Gasteiger partial charge in [-0.1, -0.05) is 30.3 Å². The Hall–Kier alpha value is -2.29. The van der Waals surface area contributed by atoms with Gasteiger partial charge in [0.2, 0.25) is 5.91 Å². The second-order valence-corrected chi connectivity index (χ2v) is 5.41. The fourth-order valence-corrected chi connectivity index (χ4v) is 2.26. The molecule has 0 atom stereocenters. The largest absolute Gasteiger partial charge is 0.397 e. The van der Waals surface area contributed by atoms with Crippen molar-refractivity contribution in [2.24, 2.45) is 0 Å². The molecule has 0 saturated heterocycles. The highest BCUT2D eigenvalue weighted by Crippen LogP contribution is 2.23. The van der Waals surface area contributed by atoms with Crippen LogP contribution in [0.3, 0.4) is 0 Å². The van der Waals surface area contributed by atoms with Crippen molar-refractivity contribution in [3.8, 4) is 0 Å². The van der Waals surface area contributed by atoms with E-state index in [0.29, 0.717) is 17.8 Å². The molecule has 21 heavy (non-hydrogen) atoms. The van der Waals surface area contributed by atoms with Crippen LogP contribution in [0.15, 0.2) is 42.5 Å². The number of rotatable bonds is 5. The highest BCUT2D eigenvalue weighted by Gasteiger charge is 2.07. The first-order valence-corrected chi connectivity index (χ1v) is 7.27. The molecule has 0 aliphatic rings. The number of carbonyl (C=O) groups excluding carboxylic acids is 1. The van der Waals surface area contributed by atoms with E-state index in [2.05, 4.69) is 17.4 Å². The highest BCUT2D eigenvalue weighted by atomic mass is 16.1. The predicted octanol–water partition coefficient (Wildman–Crippen LogP) is 3.85. The number of hydrogen-bond acceptors (Lipinski definition) is 2. The SMILES string of the molecule is Cc1cc(N)c(NC(=O)CCCc2ccccc2)cc1C. The Labute approximate surface area is 126 Å². The maximum absolute atomic E-state index is 12.0. The van der Waals surface area contributed by atoms with Gasteiger partial charge in [-0.25, -0.2) is 0 Å². The molecule has 0 bridgehead atoms. The van der Waals surface area contributed by atoms with Gasteiger partial charge in [0.1, 0.15) is 0 Å². The first-order valence-electron chi connectivity index (χ1n) is 7.27. The smallest absolute Gasteiger partial charge is 0.224 e. The molecule has 3 nitrogen and oxygen atoms in total. The minimum atomic E-state index is 0.0147. The monoisotopic (exact) mass is 282 g/mol. The third-order valence-corrected chi connectivity index (χ3v) is 3.65. The molecule has 0 radical (unpaired) electrons. The molecule has 3 N–H and O–H groups in total. The summed E-state index contributed by atoms with van der Waals surface area (Å²) in [6.45, 7) is 4.02. The summed E-state index contributed by atoms with van der Waals surface area (Å²) in [5.74, 6) is 0.0147.